The Bertz CT molecular complexity index is 694. The number of para-hydroxylation sites is 1. The first-order chi connectivity index (χ1) is 9.22. The maximum atomic E-state index is 13.1. The summed E-state index contributed by atoms with van der Waals surface area (Å²) in [5.41, 5.74) is 1.42. The van der Waals surface area contributed by atoms with E-state index in [1.807, 2.05) is 37.3 Å². The average Bonchev–Trinajstić information content (AvgIpc) is 2.83. The number of aromatic amines is 1. The normalized spacial score (nSPS) is 12.5. The number of nitrogens with one attached hydrogen (secondary N) is 1. The van der Waals surface area contributed by atoms with Crippen LogP contribution in [0.3, 0.4) is 0 Å². The molecule has 0 aliphatic heterocycles. The number of rotatable bonds is 3. The van der Waals surface area contributed by atoms with E-state index in [9.17, 15) is 4.39 Å². The molecule has 2 aromatic carbocycles. The number of halogens is 1. The summed E-state index contributed by atoms with van der Waals surface area (Å²) >= 11 is 0. The van der Waals surface area contributed by atoms with Crippen LogP contribution in [0.2, 0.25) is 0 Å². The second kappa shape index (κ2) is 4.72. The Morgan fingerprint density at radius 3 is 2.74 bits per heavy atom. The van der Waals surface area contributed by atoms with Crippen molar-refractivity contribution >= 4 is 11.0 Å². The van der Waals surface area contributed by atoms with Crippen LogP contribution in [-0.2, 0) is 0 Å². The van der Waals surface area contributed by atoms with Crippen molar-refractivity contribution in [1.82, 2.24) is 9.97 Å². The highest BCUT2D eigenvalue weighted by atomic mass is 19.1. The van der Waals surface area contributed by atoms with Crippen LogP contribution in [0.15, 0.2) is 48.5 Å². The molecule has 1 aromatic heterocycles. The maximum absolute atomic E-state index is 13.1. The summed E-state index contributed by atoms with van der Waals surface area (Å²) in [6, 6.07) is 14.0. The molecule has 1 heterocycles. The van der Waals surface area contributed by atoms with E-state index < -0.39 is 0 Å². The molecular weight excluding hydrogens is 243 g/mol. The summed E-state index contributed by atoms with van der Waals surface area (Å²) in [7, 11) is 0. The van der Waals surface area contributed by atoms with Crippen LogP contribution in [0.5, 0.6) is 5.75 Å². The van der Waals surface area contributed by atoms with Gasteiger partial charge in [-0.1, -0.05) is 18.2 Å². The number of imidazole rings is 1. The highest BCUT2D eigenvalue weighted by molar-refractivity contribution is 5.75. The highest BCUT2D eigenvalue weighted by Gasteiger charge is 2.12. The Hall–Kier alpha value is -2.36. The van der Waals surface area contributed by atoms with E-state index in [2.05, 4.69) is 9.97 Å². The SMILES string of the molecule is C[C@@H](Oc1ccccc1)c1nc2ccc(F)cc2[nH]1. The summed E-state index contributed by atoms with van der Waals surface area (Å²) in [6.07, 6.45) is -0.224. The molecule has 1 N–H and O–H groups in total. The van der Waals surface area contributed by atoms with E-state index in [-0.39, 0.29) is 11.9 Å². The predicted molar refractivity (Wildman–Crippen MR) is 71.5 cm³/mol. The zero-order chi connectivity index (χ0) is 13.2. The maximum Gasteiger partial charge on any atom is 0.153 e. The molecule has 0 spiro atoms. The first-order valence-corrected chi connectivity index (χ1v) is 6.09. The quantitative estimate of drug-likeness (QED) is 0.773. The molecule has 0 saturated heterocycles. The van der Waals surface area contributed by atoms with Crippen LogP contribution < -0.4 is 4.74 Å². The van der Waals surface area contributed by atoms with Crippen LogP contribution in [0, 0.1) is 5.82 Å². The van der Waals surface area contributed by atoms with Crippen LogP contribution >= 0.6 is 0 Å². The van der Waals surface area contributed by atoms with Gasteiger partial charge < -0.3 is 9.72 Å². The van der Waals surface area contributed by atoms with Crippen molar-refractivity contribution in [2.24, 2.45) is 0 Å². The predicted octanol–water partition coefficient (Wildman–Crippen LogP) is 3.84. The Balaban J connectivity index is 1.87. The van der Waals surface area contributed by atoms with Gasteiger partial charge in [0, 0.05) is 0 Å². The van der Waals surface area contributed by atoms with Gasteiger partial charge in [0.05, 0.1) is 11.0 Å². The van der Waals surface area contributed by atoms with Crippen LogP contribution in [0.25, 0.3) is 11.0 Å². The van der Waals surface area contributed by atoms with Crippen LogP contribution in [0.1, 0.15) is 18.9 Å². The Kier molecular flexibility index (Phi) is 2.91. The molecule has 0 aliphatic carbocycles. The Morgan fingerprint density at radius 2 is 1.95 bits per heavy atom. The molecule has 3 rings (SSSR count). The number of benzene rings is 2. The third-order valence-electron chi connectivity index (χ3n) is 2.90. The van der Waals surface area contributed by atoms with E-state index in [4.69, 9.17) is 4.74 Å². The zero-order valence-corrected chi connectivity index (χ0v) is 10.4. The minimum Gasteiger partial charge on any atom is -0.483 e. The molecule has 3 aromatic rings. The molecule has 0 bridgehead atoms. The standard InChI is InChI=1S/C15H13FN2O/c1-10(19-12-5-3-2-4-6-12)15-17-13-8-7-11(16)9-14(13)18-15/h2-10H,1H3,(H,17,18)/t10-/m1/s1. The van der Waals surface area contributed by atoms with Gasteiger partial charge in [-0.2, -0.15) is 0 Å². The smallest absolute Gasteiger partial charge is 0.153 e. The summed E-state index contributed by atoms with van der Waals surface area (Å²) in [5.74, 6) is 1.19. The highest BCUT2D eigenvalue weighted by Crippen LogP contribution is 2.22. The zero-order valence-electron chi connectivity index (χ0n) is 10.4. The molecule has 0 fully saturated rings. The van der Waals surface area contributed by atoms with Crippen molar-refractivity contribution in [2.45, 2.75) is 13.0 Å². The van der Waals surface area contributed by atoms with Crippen molar-refractivity contribution in [1.29, 1.82) is 0 Å². The van der Waals surface area contributed by atoms with E-state index >= 15 is 0 Å². The lowest BCUT2D eigenvalue weighted by atomic mass is 10.3. The lowest BCUT2D eigenvalue weighted by Crippen LogP contribution is -2.04. The van der Waals surface area contributed by atoms with E-state index in [1.54, 1.807) is 6.07 Å². The van der Waals surface area contributed by atoms with Gasteiger partial charge in [-0.15, -0.1) is 0 Å². The molecule has 19 heavy (non-hydrogen) atoms. The summed E-state index contributed by atoms with van der Waals surface area (Å²) < 4.78 is 18.9. The fourth-order valence-corrected chi connectivity index (χ4v) is 1.95. The fourth-order valence-electron chi connectivity index (χ4n) is 1.95. The van der Waals surface area contributed by atoms with Gasteiger partial charge in [0.25, 0.3) is 0 Å². The molecule has 0 aliphatic rings. The first-order valence-electron chi connectivity index (χ1n) is 6.09. The molecule has 0 radical (unpaired) electrons. The molecule has 3 nitrogen and oxygen atoms in total. The topological polar surface area (TPSA) is 37.9 Å². The van der Waals surface area contributed by atoms with Crippen molar-refractivity contribution in [2.75, 3.05) is 0 Å². The van der Waals surface area contributed by atoms with Crippen molar-refractivity contribution in [3.8, 4) is 5.75 Å². The van der Waals surface area contributed by atoms with E-state index in [1.165, 1.54) is 12.1 Å². The summed E-state index contributed by atoms with van der Waals surface area (Å²) in [6.45, 7) is 1.90. The molecule has 0 saturated carbocycles. The number of aromatic nitrogens is 2. The minimum atomic E-state index is -0.278. The van der Waals surface area contributed by atoms with Gasteiger partial charge in [-0.25, -0.2) is 9.37 Å². The lowest BCUT2D eigenvalue weighted by Gasteiger charge is -2.11. The molecule has 0 amide bonds. The number of H-pyrrole nitrogens is 1. The Morgan fingerprint density at radius 1 is 1.16 bits per heavy atom. The fraction of sp³-hybridized carbons (Fsp3) is 0.133. The molecule has 96 valence electrons. The molecule has 0 unspecified atom stereocenters. The summed E-state index contributed by atoms with van der Waals surface area (Å²) in [5, 5.41) is 0. The van der Waals surface area contributed by atoms with Crippen molar-refractivity contribution in [3.05, 3.63) is 60.2 Å². The third-order valence-corrected chi connectivity index (χ3v) is 2.90. The monoisotopic (exact) mass is 256 g/mol. The lowest BCUT2D eigenvalue weighted by molar-refractivity contribution is 0.218. The number of ether oxygens (including phenoxy) is 1. The number of hydrogen-bond acceptors (Lipinski definition) is 2. The van der Waals surface area contributed by atoms with Crippen molar-refractivity contribution in [3.63, 3.8) is 0 Å². The van der Waals surface area contributed by atoms with E-state index in [0.29, 0.717) is 11.3 Å². The van der Waals surface area contributed by atoms with E-state index in [0.717, 1.165) is 11.3 Å². The minimum absolute atomic E-state index is 0.224. The summed E-state index contributed by atoms with van der Waals surface area (Å²) in [4.78, 5) is 7.48. The molecule has 1 atom stereocenters. The Labute approximate surface area is 110 Å². The van der Waals surface area contributed by atoms with Crippen LogP contribution in [-0.4, -0.2) is 9.97 Å². The van der Waals surface area contributed by atoms with Gasteiger partial charge >= 0.3 is 0 Å². The largest absolute Gasteiger partial charge is 0.483 e. The van der Waals surface area contributed by atoms with Gasteiger partial charge in [-0.05, 0) is 37.3 Å². The van der Waals surface area contributed by atoms with Gasteiger partial charge in [-0.3, -0.25) is 0 Å². The van der Waals surface area contributed by atoms with Gasteiger partial charge in [0.15, 0.2) is 6.10 Å². The number of hydrogen-bond donors (Lipinski definition) is 1. The van der Waals surface area contributed by atoms with Crippen LogP contribution in [0.4, 0.5) is 4.39 Å². The number of fused-ring (bicyclic) bond motifs is 1. The van der Waals surface area contributed by atoms with Gasteiger partial charge in [0.1, 0.15) is 17.4 Å². The second-order valence-corrected chi connectivity index (χ2v) is 4.36. The number of nitrogens with zero attached hydrogens (tertiary/aromatic N) is 1. The molecular formula is C15H13FN2O. The first kappa shape index (κ1) is 11.7. The third kappa shape index (κ3) is 2.42. The second-order valence-electron chi connectivity index (χ2n) is 4.36. The average molecular weight is 256 g/mol. The van der Waals surface area contributed by atoms with Gasteiger partial charge in [0.2, 0.25) is 0 Å². The molecule has 4 heteroatoms. The van der Waals surface area contributed by atoms with Crippen molar-refractivity contribution < 1.29 is 9.13 Å².